The molecule has 1 aromatic heterocycles. The molecule has 0 radical (unpaired) electrons. The highest BCUT2D eigenvalue weighted by atomic mass is 19.3. The van der Waals surface area contributed by atoms with Gasteiger partial charge in [0.25, 0.3) is 5.89 Å². The lowest BCUT2D eigenvalue weighted by molar-refractivity contribution is 0.116. The van der Waals surface area contributed by atoms with Crippen LogP contribution in [0.4, 0.5) is 23.7 Å². The first-order valence-electron chi connectivity index (χ1n) is 10.5. The number of nitrogens with zero attached hydrogens (tertiary/aromatic N) is 5. The number of halogens is 3. The monoisotopic (exact) mass is 461 g/mol. The standard InChI is InChI=1S/C23H26F3N5O2/c1-4-30(14-13-29(2)3)23(32)31(19-11-9-18(24)10-12-19)15-16-5-7-17(8-6-16)21-27-28-22(33-21)20(25)26/h5-12,20H,4,13-15H2,1-3H3. The van der Waals surface area contributed by atoms with Gasteiger partial charge in [-0.05, 0) is 63.0 Å². The van der Waals surface area contributed by atoms with Gasteiger partial charge < -0.3 is 14.2 Å². The Morgan fingerprint density at radius 1 is 1.00 bits per heavy atom. The maximum atomic E-state index is 13.5. The Bertz CT molecular complexity index is 1040. The first-order valence-corrected chi connectivity index (χ1v) is 10.5. The van der Waals surface area contributed by atoms with E-state index in [4.69, 9.17) is 4.42 Å². The maximum Gasteiger partial charge on any atom is 0.324 e. The number of carbonyl (C=O) groups excluding carboxylic acids is 1. The van der Waals surface area contributed by atoms with Crippen molar-refractivity contribution in [2.75, 3.05) is 38.6 Å². The largest absolute Gasteiger partial charge is 0.415 e. The average molecular weight is 461 g/mol. The number of hydrogen-bond donors (Lipinski definition) is 0. The third kappa shape index (κ3) is 6.32. The molecule has 7 nitrogen and oxygen atoms in total. The van der Waals surface area contributed by atoms with Crippen LogP contribution in [0.5, 0.6) is 0 Å². The molecule has 10 heteroatoms. The van der Waals surface area contributed by atoms with Gasteiger partial charge in [0.2, 0.25) is 5.89 Å². The predicted molar refractivity (Wildman–Crippen MR) is 118 cm³/mol. The number of carbonyl (C=O) groups is 1. The Kier molecular flexibility index (Phi) is 8.05. The fourth-order valence-corrected chi connectivity index (χ4v) is 3.15. The Morgan fingerprint density at radius 3 is 2.21 bits per heavy atom. The maximum absolute atomic E-state index is 13.5. The van der Waals surface area contributed by atoms with Gasteiger partial charge in [-0.15, -0.1) is 10.2 Å². The predicted octanol–water partition coefficient (Wildman–Crippen LogP) is 4.82. The fourth-order valence-electron chi connectivity index (χ4n) is 3.15. The van der Waals surface area contributed by atoms with Crippen molar-refractivity contribution in [1.29, 1.82) is 0 Å². The van der Waals surface area contributed by atoms with E-state index < -0.39 is 18.1 Å². The number of likely N-dealkylation sites (N-methyl/N-ethyl adjacent to an activating group) is 2. The highest BCUT2D eigenvalue weighted by Crippen LogP contribution is 2.25. The third-order valence-electron chi connectivity index (χ3n) is 5.01. The van der Waals surface area contributed by atoms with Crippen LogP contribution < -0.4 is 4.90 Å². The number of alkyl halides is 2. The normalized spacial score (nSPS) is 11.3. The van der Waals surface area contributed by atoms with E-state index in [0.717, 1.165) is 5.56 Å². The lowest BCUT2D eigenvalue weighted by Crippen LogP contribution is -2.45. The summed E-state index contributed by atoms with van der Waals surface area (Å²) in [7, 11) is 3.87. The van der Waals surface area contributed by atoms with Gasteiger partial charge >= 0.3 is 12.5 Å². The molecule has 0 saturated heterocycles. The summed E-state index contributed by atoms with van der Waals surface area (Å²) in [5, 5.41) is 6.98. The van der Waals surface area contributed by atoms with Crippen LogP contribution in [0.1, 0.15) is 24.8 Å². The van der Waals surface area contributed by atoms with E-state index >= 15 is 0 Å². The molecule has 33 heavy (non-hydrogen) atoms. The van der Waals surface area contributed by atoms with Crippen LogP contribution in [0.2, 0.25) is 0 Å². The van der Waals surface area contributed by atoms with Crippen molar-refractivity contribution in [2.45, 2.75) is 19.9 Å². The van der Waals surface area contributed by atoms with Crippen LogP contribution >= 0.6 is 0 Å². The zero-order valence-electron chi connectivity index (χ0n) is 18.7. The van der Waals surface area contributed by atoms with Crippen molar-refractivity contribution in [1.82, 2.24) is 20.0 Å². The smallest absolute Gasteiger partial charge is 0.324 e. The van der Waals surface area contributed by atoms with E-state index in [1.807, 2.05) is 25.9 Å². The lowest BCUT2D eigenvalue weighted by atomic mass is 10.1. The van der Waals surface area contributed by atoms with E-state index in [-0.39, 0.29) is 18.5 Å². The van der Waals surface area contributed by atoms with Gasteiger partial charge in [-0.2, -0.15) is 8.78 Å². The molecule has 3 rings (SSSR count). The van der Waals surface area contributed by atoms with Gasteiger partial charge in [-0.3, -0.25) is 4.90 Å². The van der Waals surface area contributed by atoms with E-state index in [9.17, 15) is 18.0 Å². The molecular weight excluding hydrogens is 435 g/mol. The lowest BCUT2D eigenvalue weighted by Gasteiger charge is -2.31. The van der Waals surface area contributed by atoms with Gasteiger partial charge in [0, 0.05) is 30.9 Å². The van der Waals surface area contributed by atoms with Crippen molar-refractivity contribution in [3.63, 3.8) is 0 Å². The zero-order valence-corrected chi connectivity index (χ0v) is 18.7. The summed E-state index contributed by atoms with van der Waals surface area (Å²) in [6, 6.07) is 12.4. The summed E-state index contributed by atoms with van der Waals surface area (Å²) in [6.07, 6.45) is -2.84. The topological polar surface area (TPSA) is 65.7 Å². The number of rotatable bonds is 9. The van der Waals surface area contributed by atoms with Gasteiger partial charge in [0.05, 0.1) is 6.54 Å². The molecule has 2 amide bonds. The van der Waals surface area contributed by atoms with Gasteiger partial charge in [-0.1, -0.05) is 12.1 Å². The summed E-state index contributed by atoms with van der Waals surface area (Å²) in [5.74, 6) is -1.14. The van der Waals surface area contributed by atoms with Crippen molar-refractivity contribution in [3.8, 4) is 11.5 Å². The second-order valence-corrected chi connectivity index (χ2v) is 7.67. The van der Waals surface area contributed by atoms with Crippen molar-refractivity contribution in [2.24, 2.45) is 0 Å². The highest BCUT2D eigenvalue weighted by molar-refractivity contribution is 5.92. The first-order chi connectivity index (χ1) is 15.8. The first kappa shape index (κ1) is 24.2. The van der Waals surface area contributed by atoms with E-state index in [1.54, 1.807) is 46.2 Å². The van der Waals surface area contributed by atoms with Crippen LogP contribution in [0.15, 0.2) is 52.9 Å². The minimum atomic E-state index is -2.84. The molecule has 0 bridgehead atoms. The Hall–Kier alpha value is -3.40. The molecule has 3 aromatic rings. The van der Waals surface area contributed by atoms with Crippen LogP contribution in [0.25, 0.3) is 11.5 Å². The van der Waals surface area contributed by atoms with Crippen molar-refractivity contribution >= 4 is 11.7 Å². The molecule has 0 saturated carbocycles. The Balaban J connectivity index is 1.83. The number of amides is 2. The number of urea groups is 1. The molecule has 0 spiro atoms. The van der Waals surface area contributed by atoms with E-state index in [1.165, 1.54) is 12.1 Å². The van der Waals surface area contributed by atoms with Crippen LogP contribution in [-0.4, -0.2) is 59.8 Å². The molecular formula is C23H26F3N5O2. The molecule has 0 aliphatic heterocycles. The van der Waals surface area contributed by atoms with Gasteiger partial charge in [0.1, 0.15) is 5.82 Å². The summed E-state index contributed by atoms with van der Waals surface area (Å²) < 4.78 is 43.9. The highest BCUT2D eigenvalue weighted by Gasteiger charge is 2.22. The molecule has 2 aromatic carbocycles. The number of aromatic nitrogens is 2. The molecule has 0 aliphatic carbocycles. The summed E-state index contributed by atoms with van der Waals surface area (Å²) in [4.78, 5) is 18.7. The van der Waals surface area contributed by atoms with Gasteiger partial charge in [0.15, 0.2) is 0 Å². The van der Waals surface area contributed by atoms with Crippen molar-refractivity contribution < 1.29 is 22.4 Å². The molecule has 176 valence electrons. The molecule has 0 aliphatic rings. The van der Waals surface area contributed by atoms with E-state index in [2.05, 4.69) is 10.2 Å². The molecule has 0 atom stereocenters. The third-order valence-corrected chi connectivity index (χ3v) is 5.01. The molecule has 0 fully saturated rings. The SMILES string of the molecule is CCN(CCN(C)C)C(=O)N(Cc1ccc(-c2nnc(C(F)F)o2)cc1)c1ccc(F)cc1. The summed E-state index contributed by atoms with van der Waals surface area (Å²) in [6.45, 7) is 3.91. The second kappa shape index (κ2) is 11.0. The fraction of sp³-hybridized carbons (Fsp3) is 0.348. The second-order valence-electron chi connectivity index (χ2n) is 7.67. The number of benzene rings is 2. The van der Waals surface area contributed by atoms with E-state index in [0.29, 0.717) is 30.9 Å². The molecule has 0 unspecified atom stereocenters. The van der Waals surface area contributed by atoms with Crippen molar-refractivity contribution in [3.05, 3.63) is 65.8 Å². The zero-order chi connectivity index (χ0) is 24.0. The quantitative estimate of drug-likeness (QED) is 0.457. The minimum Gasteiger partial charge on any atom is -0.415 e. The summed E-state index contributed by atoms with van der Waals surface area (Å²) >= 11 is 0. The van der Waals surface area contributed by atoms with Crippen LogP contribution in [0, 0.1) is 5.82 Å². The van der Waals surface area contributed by atoms with Gasteiger partial charge in [-0.25, -0.2) is 9.18 Å². The Labute approximate surface area is 190 Å². The molecule has 0 N–H and O–H groups in total. The number of hydrogen-bond acceptors (Lipinski definition) is 5. The molecule has 1 heterocycles. The average Bonchev–Trinajstić information content (AvgIpc) is 3.29. The minimum absolute atomic E-state index is 0.0100. The summed E-state index contributed by atoms with van der Waals surface area (Å²) in [5.41, 5.74) is 1.83. The Morgan fingerprint density at radius 2 is 1.67 bits per heavy atom. The van der Waals surface area contributed by atoms with Crippen LogP contribution in [-0.2, 0) is 6.54 Å². The number of anilines is 1. The van der Waals surface area contributed by atoms with Crippen LogP contribution in [0.3, 0.4) is 0 Å².